The van der Waals surface area contributed by atoms with Crippen molar-refractivity contribution in [2.45, 2.75) is 45.2 Å². The first-order chi connectivity index (χ1) is 15.4. The van der Waals surface area contributed by atoms with Crippen LogP contribution in [0, 0.1) is 5.92 Å². The van der Waals surface area contributed by atoms with E-state index in [0.29, 0.717) is 22.8 Å². The second kappa shape index (κ2) is 10.4. The quantitative estimate of drug-likeness (QED) is 0.654. The van der Waals surface area contributed by atoms with Gasteiger partial charge in [-0.3, -0.25) is 9.59 Å². The van der Waals surface area contributed by atoms with Gasteiger partial charge in [0.15, 0.2) is 11.5 Å². The molecule has 0 unspecified atom stereocenters. The minimum absolute atomic E-state index is 0.0493. The minimum Gasteiger partial charge on any atom is -0.493 e. The van der Waals surface area contributed by atoms with Gasteiger partial charge < -0.3 is 24.8 Å². The van der Waals surface area contributed by atoms with Gasteiger partial charge >= 0.3 is 0 Å². The maximum Gasteiger partial charge on any atom is 0.252 e. The molecule has 7 nitrogen and oxygen atoms in total. The number of hydrogen-bond acceptors (Lipinski definition) is 5. The number of aryl methyl sites for hydroxylation is 1. The predicted molar refractivity (Wildman–Crippen MR) is 122 cm³/mol. The Morgan fingerprint density at radius 2 is 1.66 bits per heavy atom. The number of carbonyl (C=O) groups is 2. The summed E-state index contributed by atoms with van der Waals surface area (Å²) >= 11 is 0. The Balaban J connectivity index is 1.78. The fourth-order valence-electron chi connectivity index (χ4n) is 4.14. The maximum absolute atomic E-state index is 13.2. The van der Waals surface area contributed by atoms with Crippen LogP contribution in [0.5, 0.6) is 17.2 Å². The van der Waals surface area contributed by atoms with E-state index in [2.05, 4.69) is 22.8 Å². The topological polar surface area (TPSA) is 85.9 Å². The lowest BCUT2D eigenvalue weighted by atomic mass is 9.87. The summed E-state index contributed by atoms with van der Waals surface area (Å²) < 4.78 is 16.0. The first-order valence-corrected chi connectivity index (χ1v) is 10.9. The van der Waals surface area contributed by atoms with Gasteiger partial charge in [-0.2, -0.15) is 0 Å². The van der Waals surface area contributed by atoms with Gasteiger partial charge in [0.2, 0.25) is 11.7 Å². The molecule has 0 spiro atoms. The van der Waals surface area contributed by atoms with Crippen LogP contribution in [-0.2, 0) is 11.2 Å². The van der Waals surface area contributed by atoms with E-state index >= 15 is 0 Å². The number of nitrogens with one attached hydrogen (secondary N) is 2. The van der Waals surface area contributed by atoms with Crippen molar-refractivity contribution in [3.63, 3.8) is 0 Å². The van der Waals surface area contributed by atoms with E-state index in [1.54, 1.807) is 12.1 Å². The molecule has 1 aliphatic carbocycles. The van der Waals surface area contributed by atoms with Crippen LogP contribution in [0.1, 0.15) is 54.2 Å². The molecular weight excluding hydrogens is 408 g/mol. The Morgan fingerprint density at radius 1 is 1.00 bits per heavy atom. The monoisotopic (exact) mass is 440 g/mol. The van der Waals surface area contributed by atoms with Crippen LogP contribution in [0.3, 0.4) is 0 Å². The molecule has 0 heterocycles. The summed E-state index contributed by atoms with van der Waals surface area (Å²) in [6.45, 7) is 3.82. The number of rotatable bonds is 8. The van der Waals surface area contributed by atoms with Crippen molar-refractivity contribution in [2.24, 2.45) is 5.92 Å². The molecule has 0 saturated heterocycles. The Morgan fingerprint density at radius 3 is 2.25 bits per heavy atom. The first-order valence-electron chi connectivity index (χ1n) is 10.9. The molecule has 0 fully saturated rings. The molecule has 1 aliphatic rings. The van der Waals surface area contributed by atoms with E-state index in [0.717, 1.165) is 24.8 Å². The van der Waals surface area contributed by atoms with Gasteiger partial charge in [-0.05, 0) is 48.4 Å². The van der Waals surface area contributed by atoms with Crippen molar-refractivity contribution in [3.05, 3.63) is 53.1 Å². The highest BCUT2D eigenvalue weighted by Crippen LogP contribution is 2.38. The number of carbonyl (C=O) groups excluding carboxylic acids is 2. The molecule has 172 valence electrons. The lowest BCUT2D eigenvalue weighted by Gasteiger charge is -2.29. The van der Waals surface area contributed by atoms with E-state index < -0.39 is 6.04 Å². The molecule has 3 rings (SSSR count). The Kier molecular flexibility index (Phi) is 7.62. The van der Waals surface area contributed by atoms with E-state index in [4.69, 9.17) is 14.2 Å². The largest absolute Gasteiger partial charge is 0.493 e. The zero-order valence-electron chi connectivity index (χ0n) is 19.4. The third-order valence-electron chi connectivity index (χ3n) is 5.85. The molecule has 0 bridgehead atoms. The van der Waals surface area contributed by atoms with E-state index in [1.807, 2.05) is 26.0 Å². The Labute approximate surface area is 189 Å². The fraction of sp³-hybridized carbons (Fsp3) is 0.440. The molecule has 0 radical (unpaired) electrons. The average molecular weight is 441 g/mol. The van der Waals surface area contributed by atoms with Crippen molar-refractivity contribution in [3.8, 4) is 17.2 Å². The van der Waals surface area contributed by atoms with Crippen LogP contribution in [0.2, 0.25) is 0 Å². The first kappa shape index (κ1) is 23.4. The van der Waals surface area contributed by atoms with Gasteiger partial charge in [-0.25, -0.2) is 0 Å². The van der Waals surface area contributed by atoms with Crippen LogP contribution < -0.4 is 24.8 Å². The number of benzene rings is 2. The fourth-order valence-corrected chi connectivity index (χ4v) is 4.14. The summed E-state index contributed by atoms with van der Waals surface area (Å²) in [6.07, 6.45) is 2.93. The summed E-state index contributed by atoms with van der Waals surface area (Å²) in [6, 6.07) is 10.6. The summed E-state index contributed by atoms with van der Waals surface area (Å²) in [4.78, 5) is 26.2. The highest BCUT2D eigenvalue weighted by atomic mass is 16.5. The van der Waals surface area contributed by atoms with Gasteiger partial charge in [-0.15, -0.1) is 0 Å². The molecule has 2 amide bonds. The van der Waals surface area contributed by atoms with Gasteiger partial charge in [0.05, 0.1) is 27.4 Å². The zero-order chi connectivity index (χ0) is 23.3. The third-order valence-corrected chi connectivity index (χ3v) is 5.85. The van der Waals surface area contributed by atoms with Gasteiger partial charge in [-0.1, -0.05) is 38.1 Å². The normalized spacial score (nSPS) is 16.0. The molecule has 0 aliphatic heterocycles. The summed E-state index contributed by atoms with van der Waals surface area (Å²) in [5.41, 5.74) is 2.75. The average Bonchev–Trinajstić information content (AvgIpc) is 2.81. The summed E-state index contributed by atoms with van der Waals surface area (Å²) in [7, 11) is 4.49. The minimum atomic E-state index is -0.685. The molecule has 2 atom stereocenters. The molecule has 2 aromatic carbocycles. The van der Waals surface area contributed by atoms with Gasteiger partial charge in [0, 0.05) is 5.56 Å². The van der Waals surface area contributed by atoms with Crippen molar-refractivity contribution < 1.29 is 23.8 Å². The lowest BCUT2D eigenvalue weighted by Crippen LogP contribution is -2.50. The zero-order valence-corrected chi connectivity index (χ0v) is 19.4. The maximum atomic E-state index is 13.2. The van der Waals surface area contributed by atoms with Crippen LogP contribution in [0.4, 0.5) is 0 Å². The molecule has 32 heavy (non-hydrogen) atoms. The van der Waals surface area contributed by atoms with Gasteiger partial charge in [0.1, 0.15) is 6.04 Å². The predicted octanol–water partition coefficient (Wildman–Crippen LogP) is 3.66. The van der Waals surface area contributed by atoms with Crippen LogP contribution in [0.15, 0.2) is 36.4 Å². The molecule has 7 heteroatoms. The highest BCUT2D eigenvalue weighted by Gasteiger charge is 2.29. The third kappa shape index (κ3) is 4.98. The second-order valence-electron chi connectivity index (χ2n) is 8.26. The van der Waals surface area contributed by atoms with Crippen molar-refractivity contribution in [1.82, 2.24) is 10.6 Å². The molecular formula is C25H32N2O5. The number of methoxy groups -OCH3 is 3. The Bertz CT molecular complexity index is 948. The van der Waals surface area contributed by atoms with Gasteiger partial charge in [0.25, 0.3) is 5.91 Å². The highest BCUT2D eigenvalue weighted by molar-refractivity contribution is 5.98. The van der Waals surface area contributed by atoms with E-state index in [1.165, 1.54) is 26.9 Å². The molecule has 2 aromatic rings. The van der Waals surface area contributed by atoms with Crippen LogP contribution in [-0.4, -0.2) is 39.2 Å². The summed E-state index contributed by atoms with van der Waals surface area (Å²) in [5, 5.41) is 6.04. The second-order valence-corrected chi connectivity index (χ2v) is 8.26. The summed E-state index contributed by atoms with van der Waals surface area (Å²) in [5.74, 6) is 0.479. The van der Waals surface area contributed by atoms with Crippen molar-refractivity contribution in [2.75, 3.05) is 21.3 Å². The Hall–Kier alpha value is -3.22. The molecule has 0 saturated carbocycles. The van der Waals surface area contributed by atoms with Crippen molar-refractivity contribution in [1.29, 1.82) is 0 Å². The number of hydrogen-bond donors (Lipinski definition) is 2. The smallest absolute Gasteiger partial charge is 0.252 e. The van der Waals surface area contributed by atoms with E-state index in [9.17, 15) is 9.59 Å². The molecule has 0 aromatic heterocycles. The van der Waals surface area contributed by atoms with Crippen LogP contribution in [0.25, 0.3) is 0 Å². The molecule has 2 N–H and O–H groups in total. The van der Waals surface area contributed by atoms with E-state index in [-0.39, 0.29) is 23.8 Å². The number of amides is 2. The lowest BCUT2D eigenvalue weighted by molar-refractivity contribution is -0.124. The van der Waals surface area contributed by atoms with Crippen LogP contribution >= 0.6 is 0 Å². The number of fused-ring (bicyclic) bond motifs is 1. The van der Waals surface area contributed by atoms with Crippen molar-refractivity contribution >= 4 is 11.8 Å². The standard InChI is InChI=1S/C25H32N2O5/c1-15(2)22(25(29)26-19-12-8-10-16-9-6-7-11-18(16)19)27-24(28)17-13-20(30-3)23(32-5)21(14-17)31-4/h6-7,9,11,13-15,19,22H,8,10,12H2,1-5H3,(H,26,29)(H,27,28)/t19-,22+/m0/s1. The number of ether oxygens (including phenoxy) is 3. The SMILES string of the molecule is COc1cc(C(=O)N[C@@H](C(=O)N[C@H]2CCCc3ccccc32)C(C)C)cc(OC)c1OC.